The molecule has 0 fully saturated rings. The highest BCUT2D eigenvalue weighted by Crippen LogP contribution is 2.03. The van der Waals surface area contributed by atoms with E-state index in [9.17, 15) is 0 Å². The maximum absolute atomic E-state index is 2.24. The van der Waals surface area contributed by atoms with Crippen molar-refractivity contribution >= 4 is 27.8 Å². The summed E-state index contributed by atoms with van der Waals surface area (Å²) >= 11 is -0.350. The minimum atomic E-state index is -0.350. The standard InChI is InChI=1S/2C8H9.Mg/c2*1-7-4-3-5-8(2)6-7;/h2*3-5H,1-2H3;. The Morgan fingerprint density at radius 3 is 1.18 bits per heavy atom. The first kappa shape index (κ1) is 12.7. The first-order chi connectivity index (χ1) is 8.09. The van der Waals surface area contributed by atoms with Crippen LogP contribution in [0, 0.1) is 27.7 Å². The van der Waals surface area contributed by atoms with Crippen LogP contribution in [0.3, 0.4) is 0 Å². The number of hydrogen-bond donors (Lipinski definition) is 0. The Morgan fingerprint density at radius 2 is 0.882 bits per heavy atom. The molecule has 1 heteroatoms. The molecule has 0 atom stereocenters. The predicted molar refractivity (Wildman–Crippen MR) is 76.9 cm³/mol. The molecule has 0 spiro atoms. The number of rotatable bonds is 2. The quantitative estimate of drug-likeness (QED) is 0.701. The monoisotopic (exact) mass is 234 g/mol. The molecule has 0 saturated carbocycles. The zero-order valence-electron chi connectivity index (χ0n) is 11.2. The van der Waals surface area contributed by atoms with E-state index in [-0.39, 0.29) is 20.4 Å². The molecular weight excluding hydrogens is 216 g/mol. The van der Waals surface area contributed by atoms with Crippen LogP contribution in [0.2, 0.25) is 0 Å². The van der Waals surface area contributed by atoms with Gasteiger partial charge in [0.05, 0.1) is 0 Å². The third-order valence-electron chi connectivity index (χ3n) is 3.64. The minimum Gasteiger partial charge on any atom is -0.159 e. The molecular formula is C16H18Mg. The molecule has 2 aromatic rings. The van der Waals surface area contributed by atoms with E-state index in [4.69, 9.17) is 0 Å². The van der Waals surface area contributed by atoms with E-state index in [1.165, 1.54) is 22.3 Å². The predicted octanol–water partition coefficient (Wildman–Crippen LogP) is 2.58. The van der Waals surface area contributed by atoms with Gasteiger partial charge in [-0.15, -0.1) is 0 Å². The third-order valence-corrected chi connectivity index (χ3v) is 6.58. The zero-order chi connectivity index (χ0) is 12.4. The van der Waals surface area contributed by atoms with E-state index in [0.29, 0.717) is 0 Å². The molecule has 0 unspecified atom stereocenters. The first-order valence-corrected chi connectivity index (χ1v) is 7.61. The van der Waals surface area contributed by atoms with Crippen LogP contribution in [0.5, 0.6) is 0 Å². The van der Waals surface area contributed by atoms with Crippen LogP contribution < -0.4 is 7.39 Å². The maximum Gasteiger partial charge on any atom is 0.452 e. The Balaban J connectivity index is 2.45. The molecule has 0 saturated heterocycles. The molecule has 0 aliphatic heterocycles. The summed E-state index contributed by atoms with van der Waals surface area (Å²) in [6.07, 6.45) is 0. The van der Waals surface area contributed by atoms with Crippen molar-refractivity contribution in [1.29, 1.82) is 0 Å². The molecule has 0 bridgehead atoms. The number of benzene rings is 2. The Morgan fingerprint density at radius 1 is 0.588 bits per heavy atom. The van der Waals surface area contributed by atoms with E-state index in [0.717, 1.165) is 0 Å². The molecule has 0 nitrogen and oxygen atoms in total. The van der Waals surface area contributed by atoms with Crippen LogP contribution in [-0.4, -0.2) is 20.4 Å². The fourth-order valence-corrected chi connectivity index (χ4v) is 4.37. The largest absolute Gasteiger partial charge is 0.452 e. The van der Waals surface area contributed by atoms with Crippen molar-refractivity contribution in [3.63, 3.8) is 0 Å². The lowest BCUT2D eigenvalue weighted by atomic mass is 10.1. The van der Waals surface area contributed by atoms with Gasteiger partial charge in [0.1, 0.15) is 0 Å². The Bertz CT molecular complexity index is 451. The third kappa shape index (κ3) is 2.72. The van der Waals surface area contributed by atoms with Gasteiger partial charge in [-0.1, -0.05) is 58.7 Å². The molecule has 0 radical (unpaired) electrons. The lowest BCUT2D eigenvalue weighted by Crippen LogP contribution is -2.34. The summed E-state index contributed by atoms with van der Waals surface area (Å²) in [7, 11) is 0. The lowest BCUT2D eigenvalue weighted by molar-refractivity contribution is 1.41. The molecule has 84 valence electrons. The first-order valence-electron chi connectivity index (χ1n) is 6.20. The van der Waals surface area contributed by atoms with Gasteiger partial charge in [0.25, 0.3) is 0 Å². The SMILES string of the molecule is Cc1cccc(C)[c]1[Mg][c]1c(C)cccc1C. The number of aryl methyl sites for hydroxylation is 4. The Kier molecular flexibility index (Phi) is 3.90. The smallest absolute Gasteiger partial charge is 0.159 e. The molecule has 2 rings (SSSR count). The fraction of sp³-hybridized carbons (Fsp3) is 0.250. The number of hydrogen-bond acceptors (Lipinski definition) is 0. The van der Waals surface area contributed by atoms with Gasteiger partial charge in [-0.2, -0.15) is 7.39 Å². The summed E-state index contributed by atoms with van der Waals surface area (Å²) in [6, 6.07) is 13.3. The van der Waals surface area contributed by atoms with Crippen LogP contribution in [0.15, 0.2) is 36.4 Å². The summed E-state index contributed by atoms with van der Waals surface area (Å²) < 4.78 is 3.23. The van der Waals surface area contributed by atoms with E-state index < -0.39 is 0 Å². The highest BCUT2D eigenvalue weighted by Gasteiger charge is 2.11. The van der Waals surface area contributed by atoms with Gasteiger partial charge in [0.2, 0.25) is 0 Å². The van der Waals surface area contributed by atoms with Gasteiger partial charge in [0.15, 0.2) is 0 Å². The molecule has 2 aromatic carbocycles. The average Bonchev–Trinajstić information content (AvgIpc) is 2.27. The molecule has 0 aromatic heterocycles. The Labute approximate surface area is 114 Å². The summed E-state index contributed by atoms with van der Waals surface area (Å²) in [5, 5.41) is 0. The molecule has 17 heavy (non-hydrogen) atoms. The summed E-state index contributed by atoms with van der Waals surface area (Å²) in [6.45, 7) is 8.96. The van der Waals surface area contributed by atoms with Crippen molar-refractivity contribution in [3.05, 3.63) is 58.7 Å². The maximum atomic E-state index is 2.24. The second-order valence-corrected chi connectivity index (χ2v) is 6.69. The van der Waals surface area contributed by atoms with E-state index >= 15 is 0 Å². The van der Waals surface area contributed by atoms with Crippen molar-refractivity contribution in [1.82, 2.24) is 0 Å². The minimum absolute atomic E-state index is 0.350. The lowest BCUT2D eigenvalue weighted by Gasteiger charge is -2.13. The topological polar surface area (TPSA) is 0 Å². The van der Waals surface area contributed by atoms with Crippen molar-refractivity contribution < 1.29 is 0 Å². The van der Waals surface area contributed by atoms with Gasteiger partial charge >= 0.3 is 20.4 Å². The highest BCUT2D eigenvalue weighted by atomic mass is 24.5. The highest BCUT2D eigenvalue weighted by molar-refractivity contribution is 6.69. The van der Waals surface area contributed by atoms with E-state index in [1.54, 1.807) is 7.39 Å². The van der Waals surface area contributed by atoms with Gasteiger partial charge in [-0.05, 0) is 27.7 Å². The second-order valence-electron chi connectivity index (χ2n) is 4.92. The molecule has 0 amide bonds. The van der Waals surface area contributed by atoms with Gasteiger partial charge in [-0.25, -0.2) is 0 Å². The van der Waals surface area contributed by atoms with Crippen LogP contribution in [0.4, 0.5) is 0 Å². The molecule has 0 aliphatic carbocycles. The van der Waals surface area contributed by atoms with Crippen LogP contribution in [-0.2, 0) is 0 Å². The van der Waals surface area contributed by atoms with Crippen molar-refractivity contribution in [2.24, 2.45) is 0 Å². The summed E-state index contributed by atoms with van der Waals surface area (Å²) in [5.41, 5.74) is 5.83. The van der Waals surface area contributed by atoms with Gasteiger partial charge < -0.3 is 0 Å². The average molecular weight is 235 g/mol. The molecule has 0 aliphatic rings. The van der Waals surface area contributed by atoms with E-state index in [2.05, 4.69) is 64.1 Å². The van der Waals surface area contributed by atoms with E-state index in [1.807, 2.05) is 0 Å². The van der Waals surface area contributed by atoms with Crippen LogP contribution in [0.1, 0.15) is 22.3 Å². The second kappa shape index (κ2) is 5.24. The molecule has 0 N–H and O–H groups in total. The molecule has 0 heterocycles. The summed E-state index contributed by atoms with van der Waals surface area (Å²) in [4.78, 5) is 0. The normalized spacial score (nSPS) is 10.1. The van der Waals surface area contributed by atoms with Gasteiger partial charge in [-0.3, -0.25) is 0 Å². The van der Waals surface area contributed by atoms with Crippen LogP contribution in [0.25, 0.3) is 0 Å². The Hall–Kier alpha value is -0.794. The van der Waals surface area contributed by atoms with Crippen molar-refractivity contribution in [2.45, 2.75) is 27.7 Å². The zero-order valence-corrected chi connectivity index (χ0v) is 12.6. The van der Waals surface area contributed by atoms with Gasteiger partial charge in [0, 0.05) is 0 Å². The fourth-order valence-electron chi connectivity index (χ4n) is 2.43. The van der Waals surface area contributed by atoms with Crippen molar-refractivity contribution in [3.8, 4) is 0 Å². The van der Waals surface area contributed by atoms with Crippen molar-refractivity contribution in [2.75, 3.05) is 0 Å². The van der Waals surface area contributed by atoms with Crippen LogP contribution >= 0.6 is 0 Å². The summed E-state index contributed by atoms with van der Waals surface area (Å²) in [5.74, 6) is 0.